The maximum Gasteiger partial charge on any atom is 0.408 e. The summed E-state index contributed by atoms with van der Waals surface area (Å²) in [6.45, 7) is 9.80. The molecule has 4 rings (SSSR count). The van der Waals surface area contributed by atoms with E-state index in [1.807, 2.05) is 0 Å². The second-order valence-electron chi connectivity index (χ2n) is 22.7. The summed E-state index contributed by atoms with van der Waals surface area (Å²) in [4.78, 5) is 129. The third-order valence-corrected chi connectivity index (χ3v) is 25.3. The number of ether oxygens (including phenoxy) is 12. The van der Waals surface area contributed by atoms with E-state index in [-0.39, 0.29) is 152 Å². The molecule has 0 spiro atoms. The monoisotopic (exact) mass is 2050 g/mol. The Morgan fingerprint density at radius 1 is 0.333 bits per heavy atom. The highest BCUT2D eigenvalue weighted by molar-refractivity contribution is 9.10. The number of carbonyl (C=O) groups excluding carboxylic acids is 8. The lowest BCUT2D eigenvalue weighted by Gasteiger charge is -2.39. The highest BCUT2D eigenvalue weighted by Gasteiger charge is 2.49. The molecule has 0 aromatic heterocycles. The standard InChI is InChI=1S/4C14H23BrCl2NO8P/c2*1-9(19)23-8-12-14(24-10(2)20)11(15)7-13(25-12)26-27(21,22)18(5-3-16)6-4-17;2*1-9(19)23-8-13-12(24-10(2)20)7-11(15)14(25-13)26-27(21,22)18(5-3-16)6-4-17/h4*11-14H,3-8H2,1-2H3,(H,21,22). The van der Waals surface area contributed by atoms with Crippen LogP contribution in [0.2, 0.25) is 0 Å². The average Bonchev–Trinajstić information content (AvgIpc) is 0.826. The Morgan fingerprint density at radius 3 is 0.769 bits per heavy atom. The second-order valence-corrected chi connectivity index (χ2v) is 37.4. The van der Waals surface area contributed by atoms with Crippen molar-refractivity contribution in [2.24, 2.45) is 0 Å². The van der Waals surface area contributed by atoms with E-state index in [0.717, 1.165) is 18.7 Å². The zero-order valence-corrected chi connectivity index (χ0v) is 75.5. The number of hydrogen-bond donors (Lipinski definition) is 4. The number of esters is 8. The molecular formula is C56H92Br4Cl8N4O32P4. The van der Waals surface area contributed by atoms with Gasteiger partial charge < -0.3 is 76.4 Å². The van der Waals surface area contributed by atoms with Gasteiger partial charge in [-0.1, -0.05) is 63.7 Å². The second kappa shape index (κ2) is 55.1. The Kier molecular flexibility index (Phi) is 54.2. The minimum atomic E-state index is -4.26. The number of rotatable bonds is 40. The van der Waals surface area contributed by atoms with E-state index in [2.05, 4.69) is 63.7 Å². The first-order valence-corrected chi connectivity index (χ1v) is 46.4. The van der Waals surface area contributed by atoms with E-state index in [1.165, 1.54) is 55.4 Å². The zero-order valence-electron chi connectivity index (χ0n) is 59.5. The predicted octanol–water partition coefficient (Wildman–Crippen LogP) is 9.03. The van der Waals surface area contributed by atoms with Gasteiger partial charge in [-0.15, -0.1) is 92.8 Å². The third kappa shape index (κ3) is 41.6. The van der Waals surface area contributed by atoms with Gasteiger partial charge in [-0.05, 0) is 0 Å². The van der Waals surface area contributed by atoms with Crippen LogP contribution in [-0.2, 0) is 132 Å². The maximum atomic E-state index is 12.6. The van der Waals surface area contributed by atoms with E-state index in [1.54, 1.807) is 0 Å². The van der Waals surface area contributed by atoms with Gasteiger partial charge in [0.1, 0.15) is 75.3 Å². The van der Waals surface area contributed by atoms with Gasteiger partial charge in [-0.25, -0.2) is 36.9 Å². The van der Waals surface area contributed by atoms with Crippen molar-refractivity contribution < 1.29 is 151 Å². The number of hydrogen-bond acceptors (Lipinski definition) is 28. The van der Waals surface area contributed by atoms with Crippen molar-refractivity contribution >= 4 is 235 Å². The van der Waals surface area contributed by atoms with Crippen molar-refractivity contribution in [2.75, 3.05) is 126 Å². The smallest absolute Gasteiger partial charge is 0.408 e. The third-order valence-electron chi connectivity index (χ3n) is 14.1. The van der Waals surface area contributed by atoms with E-state index in [9.17, 15) is 76.2 Å². The molecule has 4 aliphatic rings. The fourth-order valence-corrected chi connectivity index (χ4v) is 20.3. The minimum absolute atomic E-state index is 0.0919. The molecule has 20 atom stereocenters. The molecule has 0 aromatic carbocycles. The van der Waals surface area contributed by atoms with Crippen molar-refractivity contribution in [3.05, 3.63) is 0 Å². The summed E-state index contributed by atoms with van der Waals surface area (Å²) in [5.74, 6) is -3.42. The molecule has 36 nitrogen and oxygen atoms in total. The quantitative estimate of drug-likeness (QED) is 0.0192. The lowest BCUT2D eigenvalue weighted by molar-refractivity contribution is -0.213. The average molecular weight is 2060 g/mol. The lowest BCUT2D eigenvalue weighted by atomic mass is 10.0. The highest BCUT2D eigenvalue weighted by atomic mass is 79.9. The van der Waals surface area contributed by atoms with Gasteiger partial charge >= 0.3 is 78.7 Å². The van der Waals surface area contributed by atoms with Crippen LogP contribution in [0.15, 0.2) is 0 Å². The van der Waals surface area contributed by atoms with Gasteiger partial charge in [0.15, 0.2) is 25.2 Å². The molecule has 0 aromatic rings. The molecule has 0 amide bonds. The lowest BCUT2D eigenvalue weighted by Crippen LogP contribution is -2.51. The summed E-state index contributed by atoms with van der Waals surface area (Å²) in [7, 11) is -17.0. The fraction of sp³-hybridized carbons (Fsp3) is 0.857. The predicted molar refractivity (Wildman–Crippen MR) is 408 cm³/mol. The van der Waals surface area contributed by atoms with Crippen LogP contribution in [0, 0.1) is 0 Å². The molecule has 4 saturated heterocycles. The fourth-order valence-electron chi connectivity index (χ4n) is 9.53. The van der Waals surface area contributed by atoms with E-state index in [4.69, 9.17) is 168 Å². The van der Waals surface area contributed by atoms with Crippen LogP contribution >= 0.6 is 188 Å². The molecule has 52 heteroatoms. The van der Waals surface area contributed by atoms with Crippen LogP contribution in [0.3, 0.4) is 0 Å². The molecule has 20 unspecified atom stereocenters. The summed E-state index contributed by atoms with van der Waals surface area (Å²) >= 11 is 58.7. The van der Waals surface area contributed by atoms with Crippen molar-refractivity contribution in [3.63, 3.8) is 0 Å². The number of halogens is 12. The highest BCUT2D eigenvalue weighted by Crippen LogP contribution is 2.53. The summed E-state index contributed by atoms with van der Waals surface area (Å²) < 4.78 is 139. The molecule has 108 heavy (non-hydrogen) atoms. The van der Waals surface area contributed by atoms with Crippen molar-refractivity contribution in [1.29, 1.82) is 0 Å². The molecule has 632 valence electrons. The van der Waals surface area contributed by atoms with Gasteiger partial charge in [0.25, 0.3) is 0 Å². The minimum Gasteiger partial charge on any atom is -0.463 e. The normalized spacial score (nSPS) is 27.8. The van der Waals surface area contributed by atoms with E-state index in [0.29, 0.717) is 0 Å². The van der Waals surface area contributed by atoms with E-state index < -0.39 is 172 Å². The van der Waals surface area contributed by atoms with Crippen LogP contribution in [0.4, 0.5) is 0 Å². The Labute approximate surface area is 699 Å². The molecule has 0 radical (unpaired) electrons. The molecule has 4 heterocycles. The molecule has 4 N–H and O–H groups in total. The largest absolute Gasteiger partial charge is 0.463 e. The van der Waals surface area contributed by atoms with Crippen LogP contribution in [0.1, 0.15) is 81.1 Å². The van der Waals surface area contributed by atoms with Crippen LogP contribution in [0.5, 0.6) is 0 Å². The molecule has 4 fully saturated rings. The number of carbonyl (C=O) groups is 8. The van der Waals surface area contributed by atoms with Gasteiger partial charge in [0.05, 0.1) is 19.3 Å². The Morgan fingerprint density at radius 2 is 0.556 bits per heavy atom. The molecular weight excluding hydrogens is 1970 g/mol. The molecule has 0 saturated carbocycles. The number of nitrogens with zero attached hydrogens (tertiary/aromatic N) is 4. The Hall–Kier alpha value is 0.280. The van der Waals surface area contributed by atoms with Crippen LogP contribution in [-0.4, -0.2) is 305 Å². The van der Waals surface area contributed by atoms with Gasteiger partial charge in [0, 0.05) is 180 Å². The van der Waals surface area contributed by atoms with Gasteiger partial charge in [-0.2, -0.15) is 0 Å². The maximum absolute atomic E-state index is 12.6. The Bertz CT molecular complexity index is 2770. The van der Waals surface area contributed by atoms with Crippen molar-refractivity contribution in [3.8, 4) is 0 Å². The van der Waals surface area contributed by atoms with Crippen LogP contribution < -0.4 is 0 Å². The molecule has 0 aliphatic carbocycles. The molecule has 4 aliphatic heterocycles. The molecule has 0 bridgehead atoms. The first-order valence-electron chi connectivity index (χ1n) is 32.4. The summed E-state index contributed by atoms with van der Waals surface area (Å²) in [5.41, 5.74) is 0. The SMILES string of the molecule is CC(=O)OCC1OC(OP(=O)(O)N(CCCl)CCCl)C(Br)CC1OC(C)=O.CC(=O)OCC1OC(OP(=O)(O)N(CCCl)CCCl)C(Br)CC1OC(C)=O.CC(=O)OCC1OC(OP(=O)(O)N(CCCl)CCCl)CC(Br)C1OC(C)=O.CC(=O)OCC1OC(OP(=O)(O)N(CCCl)CCCl)CC(Br)C1OC(C)=O. The Balaban J connectivity index is 0.000000720. The first-order chi connectivity index (χ1) is 50.4. The summed E-state index contributed by atoms with van der Waals surface area (Å²) in [6, 6.07) is 0. The van der Waals surface area contributed by atoms with E-state index >= 15 is 0 Å². The van der Waals surface area contributed by atoms with Gasteiger partial charge in [0.2, 0.25) is 0 Å². The summed E-state index contributed by atoms with van der Waals surface area (Å²) in [5, 5.41) is 0. The van der Waals surface area contributed by atoms with Crippen LogP contribution in [0.25, 0.3) is 0 Å². The first kappa shape index (κ1) is 106. The summed E-state index contributed by atoms with van der Waals surface area (Å²) in [6.07, 6.45) is -10.3. The van der Waals surface area contributed by atoms with Gasteiger partial charge in [-0.3, -0.25) is 56.5 Å². The number of alkyl halides is 12. The zero-order chi connectivity index (χ0) is 82.5. The van der Waals surface area contributed by atoms with Crippen molar-refractivity contribution in [1.82, 2.24) is 18.7 Å². The van der Waals surface area contributed by atoms with Crippen molar-refractivity contribution in [2.45, 2.75) is 174 Å². The topological polar surface area (TPSA) is 446 Å².